The van der Waals surface area contributed by atoms with Crippen molar-refractivity contribution in [3.63, 3.8) is 0 Å². The normalized spacial score (nSPS) is 24.4. The van der Waals surface area contributed by atoms with Crippen LogP contribution in [0.1, 0.15) is 99.1 Å². The molecule has 3 heterocycles. The molecular formula is C48H66N4O13. The van der Waals surface area contributed by atoms with E-state index in [1.165, 1.54) is 20.1 Å². The lowest BCUT2D eigenvalue weighted by atomic mass is 9.78. The van der Waals surface area contributed by atoms with Gasteiger partial charge in [0, 0.05) is 98.6 Å². The van der Waals surface area contributed by atoms with Crippen LogP contribution in [0.4, 0.5) is 10.5 Å². The minimum absolute atomic E-state index is 0.0164. The number of hydrogen-bond acceptors (Lipinski definition) is 15. The van der Waals surface area contributed by atoms with E-state index in [9.17, 15) is 44.7 Å². The first-order chi connectivity index (χ1) is 30.5. The number of carbonyl (C=O) groups excluding carboxylic acids is 4. The SMILES string of the molecule is COC(CC=O)C(C)C(OC(C)=O)C(C)C(O)C(C)C(O)C(C)C=C/C=C(/C)C(=O)Nc1c(O)c2c(O)c(C)c3c(c2c2c1=NC1(CCN(C(=O)OCC(C)C)CC1)N=2)C1(O)CC1(C)O3. The average molecular weight is 907 g/mol. The maximum Gasteiger partial charge on any atom is 0.409 e. The number of esters is 1. The number of benzene rings is 2. The maximum absolute atomic E-state index is 14.0. The number of methoxy groups -OCH3 is 1. The van der Waals surface area contributed by atoms with Gasteiger partial charge >= 0.3 is 12.1 Å². The summed E-state index contributed by atoms with van der Waals surface area (Å²) in [4.78, 5) is 61.9. The lowest BCUT2D eigenvalue weighted by Gasteiger charge is -2.38. The van der Waals surface area contributed by atoms with E-state index in [4.69, 9.17) is 28.9 Å². The van der Waals surface area contributed by atoms with Gasteiger partial charge in [0.2, 0.25) is 0 Å². The first-order valence-corrected chi connectivity index (χ1v) is 22.5. The van der Waals surface area contributed by atoms with Crippen LogP contribution >= 0.6 is 0 Å². The number of amides is 2. The molecule has 2 fully saturated rings. The summed E-state index contributed by atoms with van der Waals surface area (Å²) >= 11 is 0. The molecule has 2 amide bonds. The van der Waals surface area contributed by atoms with Crippen LogP contribution in [-0.2, 0) is 34.2 Å². The number of nitrogens with one attached hydrogen (secondary N) is 1. The summed E-state index contributed by atoms with van der Waals surface area (Å²) in [5.74, 6) is -3.76. The smallest absolute Gasteiger partial charge is 0.409 e. The first-order valence-electron chi connectivity index (χ1n) is 22.5. The highest BCUT2D eigenvalue weighted by atomic mass is 16.6. The van der Waals surface area contributed by atoms with E-state index >= 15 is 0 Å². The zero-order chi connectivity index (χ0) is 48.1. The molecule has 17 nitrogen and oxygen atoms in total. The quantitative estimate of drug-likeness (QED) is 0.0425. The molecule has 17 heteroatoms. The number of aliphatic hydroxyl groups is 3. The number of phenols is 2. The molecule has 6 N–H and O–H groups in total. The molecule has 1 saturated carbocycles. The van der Waals surface area contributed by atoms with Crippen LogP contribution < -0.4 is 20.8 Å². The summed E-state index contributed by atoms with van der Waals surface area (Å²) in [5.41, 5.74) is -2.62. The summed E-state index contributed by atoms with van der Waals surface area (Å²) in [5, 5.41) is 61.9. The third-order valence-electron chi connectivity index (χ3n) is 14.0. The van der Waals surface area contributed by atoms with Crippen molar-refractivity contribution in [1.29, 1.82) is 0 Å². The van der Waals surface area contributed by atoms with Crippen molar-refractivity contribution in [1.82, 2.24) is 4.90 Å². The molecule has 65 heavy (non-hydrogen) atoms. The number of ether oxygens (including phenoxy) is 4. The monoisotopic (exact) mass is 906 g/mol. The third-order valence-corrected chi connectivity index (χ3v) is 14.0. The van der Waals surface area contributed by atoms with E-state index in [0.29, 0.717) is 29.7 Å². The average Bonchev–Trinajstić information content (AvgIpc) is 3.49. The second-order valence-electron chi connectivity index (χ2n) is 19.2. The van der Waals surface area contributed by atoms with Gasteiger partial charge in [0.25, 0.3) is 5.91 Å². The van der Waals surface area contributed by atoms with Crippen LogP contribution in [-0.4, -0.2) is 117 Å². The number of nitrogens with zero attached hydrogens (tertiary/aromatic N) is 3. The molecule has 1 aliphatic carbocycles. The molecule has 0 bridgehead atoms. The number of aromatic hydroxyl groups is 2. The molecule has 3 aliphatic heterocycles. The Balaban J connectivity index is 1.26. The van der Waals surface area contributed by atoms with Gasteiger partial charge in [-0.15, -0.1) is 0 Å². The van der Waals surface area contributed by atoms with E-state index in [0.717, 1.165) is 6.29 Å². The number of hydrogen-bond donors (Lipinski definition) is 6. The Labute approximate surface area is 379 Å². The number of rotatable bonds is 17. The summed E-state index contributed by atoms with van der Waals surface area (Å²) < 4.78 is 22.8. The van der Waals surface area contributed by atoms with Crippen LogP contribution in [0.3, 0.4) is 0 Å². The highest BCUT2D eigenvalue weighted by Crippen LogP contribution is 2.68. The minimum atomic E-state index is -1.42. The molecule has 0 aromatic heterocycles. The van der Waals surface area contributed by atoms with Crippen molar-refractivity contribution in [2.24, 2.45) is 39.6 Å². The molecule has 1 saturated heterocycles. The summed E-state index contributed by atoms with van der Waals surface area (Å²) in [7, 11) is 1.46. The molecule has 1 spiro atoms. The Morgan fingerprint density at radius 1 is 0.938 bits per heavy atom. The second-order valence-corrected chi connectivity index (χ2v) is 19.2. The molecule has 0 radical (unpaired) electrons. The van der Waals surface area contributed by atoms with Crippen molar-refractivity contribution in [3.8, 4) is 17.2 Å². The topological polar surface area (TPSA) is 246 Å². The number of fused-ring (bicyclic) bond motifs is 7. The van der Waals surface area contributed by atoms with Crippen LogP contribution in [0, 0.1) is 36.5 Å². The van der Waals surface area contributed by atoms with Gasteiger partial charge in [-0.2, -0.15) is 0 Å². The van der Waals surface area contributed by atoms with E-state index in [1.807, 2.05) is 13.8 Å². The van der Waals surface area contributed by atoms with Gasteiger partial charge in [0.05, 0.1) is 35.7 Å². The lowest BCUT2D eigenvalue weighted by molar-refractivity contribution is -0.162. The number of aldehydes is 1. The van der Waals surface area contributed by atoms with E-state index < -0.39 is 88.7 Å². The van der Waals surface area contributed by atoms with Crippen LogP contribution in [0.15, 0.2) is 33.8 Å². The molecule has 10 atom stereocenters. The van der Waals surface area contributed by atoms with Gasteiger partial charge < -0.3 is 59.5 Å². The van der Waals surface area contributed by atoms with Gasteiger partial charge in [-0.05, 0) is 26.7 Å². The van der Waals surface area contributed by atoms with Crippen molar-refractivity contribution in [2.75, 3.05) is 32.1 Å². The number of anilines is 1. The Morgan fingerprint density at radius 3 is 2.18 bits per heavy atom. The van der Waals surface area contributed by atoms with Crippen LogP contribution in [0.25, 0.3) is 10.8 Å². The van der Waals surface area contributed by atoms with Crippen molar-refractivity contribution in [2.45, 2.75) is 136 Å². The second kappa shape index (κ2) is 18.6. The predicted molar refractivity (Wildman–Crippen MR) is 239 cm³/mol. The molecule has 356 valence electrons. The fourth-order valence-electron chi connectivity index (χ4n) is 9.67. The largest absolute Gasteiger partial charge is 0.507 e. The summed E-state index contributed by atoms with van der Waals surface area (Å²) in [6, 6.07) is 0. The van der Waals surface area contributed by atoms with Crippen molar-refractivity contribution < 1.29 is 63.7 Å². The minimum Gasteiger partial charge on any atom is -0.507 e. The lowest BCUT2D eigenvalue weighted by Crippen LogP contribution is -2.46. The van der Waals surface area contributed by atoms with Gasteiger partial charge in [0.15, 0.2) is 11.4 Å². The Bertz CT molecular complexity index is 2410. The van der Waals surface area contributed by atoms with E-state index in [2.05, 4.69) is 5.32 Å². The molecule has 6 rings (SSSR count). The number of phenolic OH excluding ortho intramolecular Hbond substituents is 2. The molecule has 4 aliphatic rings. The number of likely N-dealkylation sites (tertiary alicyclic amines) is 1. The fourth-order valence-corrected chi connectivity index (χ4v) is 9.67. The van der Waals surface area contributed by atoms with E-state index in [1.54, 1.807) is 65.5 Å². The van der Waals surface area contributed by atoms with Gasteiger partial charge in [-0.1, -0.05) is 59.8 Å². The zero-order valence-corrected chi connectivity index (χ0v) is 39.3. The Hall–Kier alpha value is -5.10. The standard InChI is InChI=1S/C48H66N4O13/c1-23(2)21-63-45(60)52-18-16-47(17-19-52)50-35-32-33(40(57)29(8)43-34(32)48(61)22-46(48,10)65-43)41(58)37(36(35)51-47)49-44(59)25(4)14-12-13-24(3)38(55)27(6)39(56)28(7)42(64-30(9)54)26(5)31(62-11)15-20-53/h12-14,20,23-24,26-28,31,38-39,42,55-58,61H,15-19,21-22H2,1-11H3,(H,49,59)/b13-12?,25-14-. The number of piperidine rings is 1. The predicted octanol–water partition coefficient (Wildman–Crippen LogP) is 4.38. The highest BCUT2D eigenvalue weighted by molar-refractivity contribution is 6.09. The highest BCUT2D eigenvalue weighted by Gasteiger charge is 2.73. The van der Waals surface area contributed by atoms with Gasteiger partial charge in [-0.25, -0.2) is 4.79 Å². The third kappa shape index (κ3) is 9.08. The Morgan fingerprint density at radius 2 is 1.58 bits per heavy atom. The number of allylic oxidation sites excluding steroid dienone is 2. The zero-order valence-electron chi connectivity index (χ0n) is 39.3. The molecule has 2 aromatic carbocycles. The first kappa shape index (κ1) is 49.3. The molecular weight excluding hydrogens is 841 g/mol. The molecule has 2 aromatic rings. The maximum atomic E-state index is 14.0. The fraction of sp³-hybridized carbons (Fsp3) is 0.625. The summed E-state index contributed by atoms with van der Waals surface area (Å²) in [6.45, 7) is 17.9. The van der Waals surface area contributed by atoms with Gasteiger partial charge in [0.1, 0.15) is 46.1 Å². The number of aliphatic hydroxyl groups excluding tert-OH is 2. The van der Waals surface area contributed by atoms with Crippen molar-refractivity contribution in [3.05, 3.63) is 45.6 Å². The Kier molecular flexibility index (Phi) is 14.2. The van der Waals surface area contributed by atoms with Crippen LogP contribution in [0.2, 0.25) is 0 Å². The molecule has 10 unspecified atom stereocenters. The van der Waals surface area contributed by atoms with E-state index in [-0.39, 0.29) is 77.0 Å². The summed E-state index contributed by atoms with van der Waals surface area (Å²) in [6.07, 6.45) is 2.52. The van der Waals surface area contributed by atoms with Crippen LogP contribution in [0.5, 0.6) is 17.2 Å². The number of carbonyl (C=O) groups is 4. The van der Waals surface area contributed by atoms with Gasteiger partial charge in [-0.3, -0.25) is 19.6 Å². The van der Waals surface area contributed by atoms with Crippen molar-refractivity contribution >= 4 is 40.7 Å².